The number of aliphatic hydroxyl groups is 1. The third kappa shape index (κ3) is 2.40. The van der Waals surface area contributed by atoms with Crippen LogP contribution in [0.2, 0.25) is 5.02 Å². The number of amides is 1. The Balaban J connectivity index is 1.34. The van der Waals surface area contributed by atoms with Gasteiger partial charge in [-0.3, -0.25) is 14.9 Å². The van der Waals surface area contributed by atoms with Gasteiger partial charge in [-0.25, -0.2) is 0 Å². The van der Waals surface area contributed by atoms with Crippen molar-refractivity contribution in [3.63, 3.8) is 0 Å². The van der Waals surface area contributed by atoms with Crippen LogP contribution in [-0.4, -0.2) is 32.2 Å². The third-order valence-corrected chi connectivity index (χ3v) is 5.95. The Kier molecular flexibility index (Phi) is 3.36. The van der Waals surface area contributed by atoms with Gasteiger partial charge in [0.15, 0.2) is 0 Å². The molecule has 2 aliphatic carbocycles. The second-order valence-electron chi connectivity index (χ2n) is 7.29. The number of halogens is 1. The van der Waals surface area contributed by atoms with Gasteiger partial charge in [0, 0.05) is 40.0 Å². The summed E-state index contributed by atoms with van der Waals surface area (Å²) in [5.41, 5.74) is 1.29. The number of pyridine rings is 1. The molecule has 7 heteroatoms. The van der Waals surface area contributed by atoms with Gasteiger partial charge in [0.25, 0.3) is 5.91 Å². The SMILES string of the molecule is O=C(NC1[C@H]2CC(O)(c3cc(Cl)cc4cn[nH]c34)C[C@@H]12)c1ccncc1. The molecule has 2 aliphatic rings. The Morgan fingerprint density at radius 1 is 1.27 bits per heavy atom. The minimum Gasteiger partial charge on any atom is -0.385 e. The topological polar surface area (TPSA) is 90.9 Å². The van der Waals surface area contributed by atoms with Crippen LogP contribution in [0.15, 0.2) is 42.9 Å². The number of benzene rings is 1. The van der Waals surface area contributed by atoms with Crippen LogP contribution < -0.4 is 5.32 Å². The fraction of sp³-hybridized carbons (Fsp3) is 0.316. The van der Waals surface area contributed by atoms with Crippen molar-refractivity contribution in [2.45, 2.75) is 24.5 Å². The number of carbonyl (C=O) groups is 1. The van der Waals surface area contributed by atoms with Crippen LogP contribution in [-0.2, 0) is 5.60 Å². The molecule has 0 radical (unpaired) electrons. The summed E-state index contributed by atoms with van der Waals surface area (Å²) in [7, 11) is 0. The molecule has 3 aromatic rings. The lowest BCUT2D eigenvalue weighted by atomic mass is 9.87. The molecular weight excluding hydrogens is 352 g/mol. The molecule has 1 aromatic carbocycles. The molecule has 1 amide bonds. The standard InChI is InChI=1S/C19H17ClN4O2/c20-12-5-11-9-22-24-16(11)15(6-12)19(26)7-13-14(8-19)17(13)23-18(25)10-1-3-21-4-2-10/h1-6,9,13-14,17,26H,7-8H2,(H,22,24)(H,23,25)/t13-,14+,17?,19?. The average Bonchev–Trinajstić information content (AvgIpc) is 3.01. The van der Waals surface area contributed by atoms with Crippen LogP contribution in [0.25, 0.3) is 10.9 Å². The first-order valence-corrected chi connectivity index (χ1v) is 8.99. The number of nitrogens with one attached hydrogen (secondary N) is 2. The summed E-state index contributed by atoms with van der Waals surface area (Å²) in [6.45, 7) is 0. The van der Waals surface area contributed by atoms with Gasteiger partial charge in [-0.2, -0.15) is 5.10 Å². The van der Waals surface area contributed by atoms with E-state index < -0.39 is 5.60 Å². The number of aromatic amines is 1. The molecule has 5 rings (SSSR count). The van der Waals surface area contributed by atoms with Crippen molar-refractivity contribution in [2.24, 2.45) is 11.8 Å². The molecular formula is C19H17ClN4O2. The molecule has 2 heterocycles. The molecule has 2 saturated carbocycles. The molecule has 0 bridgehead atoms. The molecule has 2 fully saturated rings. The van der Waals surface area contributed by atoms with E-state index in [-0.39, 0.29) is 23.8 Å². The summed E-state index contributed by atoms with van der Waals surface area (Å²) >= 11 is 6.22. The van der Waals surface area contributed by atoms with Crippen molar-refractivity contribution in [1.29, 1.82) is 0 Å². The Labute approximate surface area is 154 Å². The van der Waals surface area contributed by atoms with E-state index in [0.29, 0.717) is 23.4 Å². The average molecular weight is 369 g/mol. The predicted octanol–water partition coefficient (Wildman–Crippen LogP) is 2.64. The van der Waals surface area contributed by atoms with Gasteiger partial charge < -0.3 is 10.4 Å². The number of aromatic nitrogens is 3. The lowest BCUT2D eigenvalue weighted by Crippen LogP contribution is -2.33. The van der Waals surface area contributed by atoms with E-state index in [0.717, 1.165) is 16.5 Å². The largest absolute Gasteiger partial charge is 0.385 e. The first kappa shape index (κ1) is 15.8. The summed E-state index contributed by atoms with van der Waals surface area (Å²) < 4.78 is 0. The second-order valence-corrected chi connectivity index (χ2v) is 7.73. The first-order chi connectivity index (χ1) is 12.5. The Hall–Kier alpha value is -2.44. The number of carbonyl (C=O) groups excluding carboxylic acids is 1. The first-order valence-electron chi connectivity index (χ1n) is 8.61. The number of rotatable bonds is 3. The fourth-order valence-electron chi connectivity index (χ4n) is 4.42. The van der Waals surface area contributed by atoms with E-state index in [1.165, 1.54) is 0 Å². The van der Waals surface area contributed by atoms with Gasteiger partial charge in [-0.1, -0.05) is 11.6 Å². The van der Waals surface area contributed by atoms with Gasteiger partial charge in [0.2, 0.25) is 0 Å². The zero-order chi connectivity index (χ0) is 17.9. The van der Waals surface area contributed by atoms with E-state index >= 15 is 0 Å². The minimum absolute atomic E-state index is 0.0888. The van der Waals surface area contributed by atoms with E-state index in [4.69, 9.17) is 11.6 Å². The molecule has 3 N–H and O–H groups in total. The van der Waals surface area contributed by atoms with Gasteiger partial charge in [-0.05, 0) is 48.9 Å². The molecule has 2 unspecified atom stereocenters. The molecule has 6 nitrogen and oxygen atoms in total. The number of hydrogen-bond donors (Lipinski definition) is 3. The summed E-state index contributed by atoms with van der Waals surface area (Å²) in [6.07, 6.45) is 6.13. The maximum Gasteiger partial charge on any atom is 0.251 e. The van der Waals surface area contributed by atoms with Crippen LogP contribution in [0.3, 0.4) is 0 Å². The Morgan fingerprint density at radius 2 is 2.00 bits per heavy atom. The maximum atomic E-state index is 12.3. The van der Waals surface area contributed by atoms with Crippen LogP contribution >= 0.6 is 11.6 Å². The van der Waals surface area contributed by atoms with Crippen molar-refractivity contribution >= 4 is 28.4 Å². The lowest BCUT2D eigenvalue weighted by Gasteiger charge is -2.27. The summed E-state index contributed by atoms with van der Waals surface area (Å²) in [5, 5.41) is 22.8. The summed E-state index contributed by atoms with van der Waals surface area (Å²) in [4.78, 5) is 16.2. The van der Waals surface area contributed by atoms with E-state index in [2.05, 4.69) is 20.5 Å². The monoisotopic (exact) mass is 368 g/mol. The van der Waals surface area contributed by atoms with Crippen molar-refractivity contribution in [2.75, 3.05) is 0 Å². The number of nitrogens with zero attached hydrogens (tertiary/aromatic N) is 2. The van der Waals surface area contributed by atoms with Crippen molar-refractivity contribution < 1.29 is 9.90 Å². The quantitative estimate of drug-likeness (QED) is 0.662. The molecule has 26 heavy (non-hydrogen) atoms. The molecule has 0 saturated heterocycles. The third-order valence-electron chi connectivity index (χ3n) is 5.73. The van der Waals surface area contributed by atoms with Crippen molar-refractivity contribution in [3.05, 3.63) is 59.0 Å². The van der Waals surface area contributed by atoms with Gasteiger partial charge >= 0.3 is 0 Å². The number of hydrogen-bond acceptors (Lipinski definition) is 4. The van der Waals surface area contributed by atoms with E-state index in [9.17, 15) is 9.90 Å². The normalized spacial score (nSPS) is 29.5. The summed E-state index contributed by atoms with van der Waals surface area (Å²) in [5.74, 6) is 0.472. The fourth-order valence-corrected chi connectivity index (χ4v) is 4.65. The number of H-pyrrole nitrogens is 1. The van der Waals surface area contributed by atoms with Gasteiger partial charge in [-0.15, -0.1) is 0 Å². The van der Waals surface area contributed by atoms with E-state index in [1.54, 1.807) is 30.7 Å². The zero-order valence-electron chi connectivity index (χ0n) is 13.8. The highest BCUT2D eigenvalue weighted by atomic mass is 35.5. The van der Waals surface area contributed by atoms with Gasteiger partial charge in [0.05, 0.1) is 17.3 Å². The molecule has 2 aromatic heterocycles. The second kappa shape index (κ2) is 5.53. The molecule has 132 valence electrons. The molecule has 4 atom stereocenters. The van der Waals surface area contributed by atoms with Crippen LogP contribution in [0.5, 0.6) is 0 Å². The molecule has 0 spiro atoms. The van der Waals surface area contributed by atoms with Crippen molar-refractivity contribution in [1.82, 2.24) is 20.5 Å². The van der Waals surface area contributed by atoms with Crippen molar-refractivity contribution in [3.8, 4) is 0 Å². The highest BCUT2D eigenvalue weighted by Gasteiger charge is 2.62. The minimum atomic E-state index is -0.942. The zero-order valence-corrected chi connectivity index (χ0v) is 14.6. The number of fused-ring (bicyclic) bond motifs is 2. The highest BCUT2D eigenvalue weighted by molar-refractivity contribution is 6.31. The Morgan fingerprint density at radius 3 is 2.73 bits per heavy atom. The molecule has 0 aliphatic heterocycles. The highest BCUT2D eigenvalue weighted by Crippen LogP contribution is 2.60. The maximum absolute atomic E-state index is 12.3. The predicted molar refractivity (Wildman–Crippen MR) is 96.7 cm³/mol. The van der Waals surface area contributed by atoms with Gasteiger partial charge in [0.1, 0.15) is 0 Å². The Bertz CT molecular complexity index is 991. The van der Waals surface area contributed by atoms with Crippen LogP contribution in [0.1, 0.15) is 28.8 Å². The lowest BCUT2D eigenvalue weighted by molar-refractivity contribution is 0.0291. The summed E-state index contributed by atoms with van der Waals surface area (Å²) in [6, 6.07) is 7.17. The van der Waals surface area contributed by atoms with Crippen LogP contribution in [0, 0.1) is 11.8 Å². The van der Waals surface area contributed by atoms with Crippen LogP contribution in [0.4, 0.5) is 0 Å². The van der Waals surface area contributed by atoms with E-state index in [1.807, 2.05) is 12.1 Å². The smallest absolute Gasteiger partial charge is 0.251 e.